The molecule has 0 fully saturated rings. The molecule has 0 unspecified atom stereocenters. The van der Waals surface area contributed by atoms with Gasteiger partial charge < -0.3 is 30.2 Å². The van der Waals surface area contributed by atoms with Gasteiger partial charge in [0.25, 0.3) is 0 Å². The monoisotopic (exact) mass is 481 g/mol. The minimum atomic E-state index is -2.42. The molecule has 0 bridgehead atoms. The van der Waals surface area contributed by atoms with E-state index in [9.17, 15) is 0 Å². The van der Waals surface area contributed by atoms with E-state index in [0.717, 1.165) is 12.5 Å². The third-order valence-corrected chi connectivity index (χ3v) is 9.96. The van der Waals surface area contributed by atoms with Gasteiger partial charge in [0, 0.05) is 33.8 Å². The lowest BCUT2D eigenvalue weighted by Crippen LogP contribution is -3.00. The largest absolute Gasteiger partial charge is 1.00 e. The predicted molar refractivity (Wildman–Crippen MR) is 133 cm³/mol. The first-order chi connectivity index (χ1) is 14.6. The van der Waals surface area contributed by atoms with E-state index < -0.39 is 8.80 Å². The van der Waals surface area contributed by atoms with Crippen molar-refractivity contribution >= 4 is 8.80 Å². The van der Waals surface area contributed by atoms with Crippen molar-refractivity contribution in [3.63, 3.8) is 0 Å². The summed E-state index contributed by atoms with van der Waals surface area (Å²) in [6.07, 6.45) is 19.6. The molecule has 0 aliphatic heterocycles. The standard InChI is InChI=1S/C25H56NO3Si.ClH/c1-7-10-11-12-13-14-15-16-17-18-19-20-21-23-26(8-2,9-3)24-22-25-30(27-4,28-5)29-6;/h7-25H2,1-6H3;1H/q+1;/p-1. The number of nitrogens with zero attached hydrogens (tertiary/aromatic N) is 1. The lowest BCUT2D eigenvalue weighted by molar-refractivity contribution is -0.925. The summed E-state index contributed by atoms with van der Waals surface area (Å²) in [6, 6.07) is 0.912. The van der Waals surface area contributed by atoms with Crippen LogP contribution in [0.25, 0.3) is 0 Å². The Bertz CT molecular complexity index is 358. The van der Waals surface area contributed by atoms with Crippen molar-refractivity contribution in [2.45, 2.75) is 117 Å². The van der Waals surface area contributed by atoms with Gasteiger partial charge in [0.2, 0.25) is 0 Å². The van der Waals surface area contributed by atoms with Gasteiger partial charge in [-0.3, -0.25) is 0 Å². The summed E-state index contributed by atoms with van der Waals surface area (Å²) in [5.41, 5.74) is 0. The highest BCUT2D eigenvalue weighted by Gasteiger charge is 2.38. The van der Waals surface area contributed by atoms with E-state index >= 15 is 0 Å². The zero-order chi connectivity index (χ0) is 22.6. The summed E-state index contributed by atoms with van der Waals surface area (Å²) in [7, 11) is 2.73. The van der Waals surface area contributed by atoms with Crippen molar-refractivity contribution in [3.05, 3.63) is 0 Å². The Labute approximate surface area is 203 Å². The molecule has 0 amide bonds. The van der Waals surface area contributed by atoms with Gasteiger partial charge in [-0.05, 0) is 26.7 Å². The average Bonchev–Trinajstić information content (AvgIpc) is 2.79. The number of hydrogen-bond acceptors (Lipinski definition) is 3. The Hall–Kier alpha value is 0.347. The second-order valence-electron chi connectivity index (χ2n) is 9.06. The number of unbranched alkanes of at least 4 members (excludes halogenated alkanes) is 12. The topological polar surface area (TPSA) is 27.7 Å². The molecule has 0 atom stereocenters. The summed E-state index contributed by atoms with van der Waals surface area (Å²) >= 11 is 0. The molecule has 0 saturated heterocycles. The van der Waals surface area contributed by atoms with Crippen molar-refractivity contribution in [2.24, 2.45) is 0 Å². The highest BCUT2D eigenvalue weighted by atomic mass is 35.5. The van der Waals surface area contributed by atoms with E-state index in [-0.39, 0.29) is 12.4 Å². The van der Waals surface area contributed by atoms with Crippen LogP contribution in [0.15, 0.2) is 0 Å². The second kappa shape index (κ2) is 22.2. The molecule has 0 heterocycles. The van der Waals surface area contributed by atoms with E-state index in [0.29, 0.717) is 0 Å². The highest BCUT2D eigenvalue weighted by Crippen LogP contribution is 2.19. The average molecular weight is 482 g/mol. The lowest BCUT2D eigenvalue weighted by atomic mass is 10.0. The third kappa shape index (κ3) is 15.8. The molecular weight excluding hydrogens is 426 g/mol. The van der Waals surface area contributed by atoms with E-state index in [2.05, 4.69) is 20.8 Å². The van der Waals surface area contributed by atoms with Crippen LogP contribution in [0.2, 0.25) is 6.04 Å². The van der Waals surface area contributed by atoms with Crippen LogP contribution in [0.3, 0.4) is 0 Å². The number of quaternary nitrogens is 1. The first-order valence-electron chi connectivity index (χ1n) is 13.1. The zero-order valence-electron chi connectivity index (χ0n) is 22.0. The minimum absolute atomic E-state index is 0. The van der Waals surface area contributed by atoms with Crippen LogP contribution < -0.4 is 12.4 Å². The van der Waals surface area contributed by atoms with Gasteiger partial charge in [-0.15, -0.1) is 0 Å². The first-order valence-corrected chi connectivity index (χ1v) is 15.0. The maximum atomic E-state index is 5.59. The predicted octanol–water partition coefficient (Wildman–Crippen LogP) is 4.21. The Balaban J connectivity index is 0. The molecule has 0 aliphatic rings. The highest BCUT2D eigenvalue weighted by molar-refractivity contribution is 6.60. The van der Waals surface area contributed by atoms with Crippen LogP contribution in [0.1, 0.15) is 111 Å². The fourth-order valence-corrected chi connectivity index (χ4v) is 6.32. The van der Waals surface area contributed by atoms with E-state index in [1.165, 1.54) is 114 Å². The van der Waals surface area contributed by atoms with E-state index in [1.54, 1.807) is 21.3 Å². The minimum Gasteiger partial charge on any atom is -1.00 e. The van der Waals surface area contributed by atoms with Gasteiger partial charge in [-0.1, -0.05) is 77.6 Å². The van der Waals surface area contributed by atoms with Crippen molar-refractivity contribution < 1.29 is 30.2 Å². The Kier molecular flexibility index (Phi) is 24.0. The van der Waals surface area contributed by atoms with Gasteiger partial charge >= 0.3 is 8.80 Å². The summed E-state index contributed by atoms with van der Waals surface area (Å²) < 4.78 is 18.0. The number of rotatable bonds is 23. The van der Waals surface area contributed by atoms with Crippen LogP contribution in [-0.2, 0) is 13.3 Å². The van der Waals surface area contributed by atoms with Crippen LogP contribution in [0.4, 0.5) is 0 Å². The molecule has 190 valence electrons. The molecule has 0 aliphatic carbocycles. The first kappa shape index (κ1) is 33.5. The fraction of sp³-hybridized carbons (Fsp3) is 1.00. The molecule has 0 N–H and O–H groups in total. The maximum Gasteiger partial charge on any atom is 0.500 e. The molecule has 6 heteroatoms. The molecule has 0 saturated carbocycles. The van der Waals surface area contributed by atoms with Crippen LogP contribution >= 0.6 is 0 Å². The molecule has 0 aromatic heterocycles. The molecular formula is C25H56ClNO3Si. The normalized spacial score (nSPS) is 12.2. The van der Waals surface area contributed by atoms with Gasteiger partial charge in [-0.25, -0.2) is 0 Å². The second-order valence-corrected chi connectivity index (χ2v) is 12.2. The van der Waals surface area contributed by atoms with Gasteiger partial charge in [0.05, 0.1) is 26.2 Å². The molecule has 0 spiro atoms. The smallest absolute Gasteiger partial charge is 0.500 e. The van der Waals surface area contributed by atoms with Crippen LogP contribution in [0, 0.1) is 0 Å². The van der Waals surface area contributed by atoms with Crippen molar-refractivity contribution in [3.8, 4) is 0 Å². The number of hydrogen-bond donors (Lipinski definition) is 0. The zero-order valence-corrected chi connectivity index (χ0v) is 23.7. The van der Waals surface area contributed by atoms with Gasteiger partial charge in [0.1, 0.15) is 0 Å². The molecule has 0 radical (unpaired) electrons. The quantitative estimate of drug-likeness (QED) is 0.124. The van der Waals surface area contributed by atoms with E-state index in [1.807, 2.05) is 0 Å². The molecule has 0 aromatic carbocycles. The molecule has 4 nitrogen and oxygen atoms in total. The third-order valence-electron chi connectivity index (χ3n) is 7.13. The van der Waals surface area contributed by atoms with Crippen molar-refractivity contribution in [2.75, 3.05) is 47.5 Å². The summed E-state index contributed by atoms with van der Waals surface area (Å²) in [6.45, 7) is 11.9. The fourth-order valence-electron chi connectivity index (χ4n) is 4.62. The summed E-state index contributed by atoms with van der Waals surface area (Å²) in [5.74, 6) is 0. The van der Waals surface area contributed by atoms with Crippen molar-refractivity contribution in [1.29, 1.82) is 0 Å². The molecule has 31 heavy (non-hydrogen) atoms. The summed E-state index contributed by atoms with van der Waals surface area (Å²) in [4.78, 5) is 0. The SMILES string of the molecule is CCCCCCCCCCCCCCC[N+](CC)(CC)CCC[Si](OC)(OC)OC.[Cl-]. The van der Waals surface area contributed by atoms with Crippen molar-refractivity contribution in [1.82, 2.24) is 0 Å². The maximum absolute atomic E-state index is 5.59. The Morgan fingerprint density at radius 3 is 1.23 bits per heavy atom. The van der Waals surface area contributed by atoms with E-state index in [4.69, 9.17) is 13.3 Å². The Morgan fingerprint density at radius 1 is 0.516 bits per heavy atom. The Morgan fingerprint density at radius 2 is 0.871 bits per heavy atom. The van der Waals surface area contributed by atoms with Gasteiger partial charge in [0.15, 0.2) is 0 Å². The van der Waals surface area contributed by atoms with Crippen LogP contribution in [-0.4, -0.2) is 60.8 Å². The van der Waals surface area contributed by atoms with Gasteiger partial charge in [-0.2, -0.15) is 0 Å². The van der Waals surface area contributed by atoms with Crippen LogP contribution in [0.5, 0.6) is 0 Å². The molecule has 0 aromatic rings. The number of halogens is 1. The summed E-state index contributed by atoms with van der Waals surface area (Å²) in [5, 5.41) is 0. The lowest BCUT2D eigenvalue weighted by Gasteiger charge is -2.38. The molecule has 0 rings (SSSR count).